The third-order valence-electron chi connectivity index (χ3n) is 5.60. The van der Waals surface area contributed by atoms with Gasteiger partial charge >= 0.3 is 0 Å². The number of piperidine rings is 1. The van der Waals surface area contributed by atoms with Crippen LogP contribution in [-0.4, -0.2) is 38.7 Å². The number of aromatic nitrogens is 3. The minimum absolute atomic E-state index is 0.258. The molecule has 1 aliphatic carbocycles. The van der Waals surface area contributed by atoms with Crippen LogP contribution in [0, 0.1) is 0 Å². The van der Waals surface area contributed by atoms with Gasteiger partial charge in [0.25, 0.3) is 0 Å². The van der Waals surface area contributed by atoms with E-state index in [0.717, 1.165) is 51.6 Å². The van der Waals surface area contributed by atoms with E-state index in [4.69, 9.17) is 0 Å². The minimum Gasteiger partial charge on any atom is -0.340 e. The third-order valence-corrected chi connectivity index (χ3v) is 6.68. The second kappa shape index (κ2) is 6.67. The number of thiophene rings is 1. The van der Waals surface area contributed by atoms with Gasteiger partial charge in [-0.15, -0.1) is 11.3 Å². The van der Waals surface area contributed by atoms with Crippen molar-refractivity contribution in [3.8, 4) is 0 Å². The van der Waals surface area contributed by atoms with Gasteiger partial charge in [0.2, 0.25) is 5.91 Å². The highest BCUT2D eigenvalue weighted by Gasteiger charge is 2.45. The molecule has 2 aromatic heterocycles. The highest BCUT2D eigenvalue weighted by atomic mass is 32.1. The summed E-state index contributed by atoms with van der Waals surface area (Å²) in [6.45, 7) is 1.63. The van der Waals surface area contributed by atoms with E-state index in [1.54, 1.807) is 24.0 Å². The summed E-state index contributed by atoms with van der Waals surface area (Å²) in [5.74, 6) is 0.342. The topological polar surface area (TPSA) is 51.0 Å². The van der Waals surface area contributed by atoms with Gasteiger partial charge < -0.3 is 4.90 Å². The van der Waals surface area contributed by atoms with Crippen molar-refractivity contribution in [3.63, 3.8) is 0 Å². The molecule has 1 saturated heterocycles. The molecule has 24 heavy (non-hydrogen) atoms. The monoisotopic (exact) mass is 344 g/mol. The summed E-state index contributed by atoms with van der Waals surface area (Å²) in [5.41, 5.74) is -0.281. The van der Waals surface area contributed by atoms with Crippen molar-refractivity contribution in [2.45, 2.75) is 56.4 Å². The van der Waals surface area contributed by atoms with Gasteiger partial charge in [-0.1, -0.05) is 25.3 Å². The van der Waals surface area contributed by atoms with Crippen LogP contribution in [0.1, 0.15) is 55.9 Å². The molecule has 2 aromatic rings. The molecule has 4 rings (SSSR count). The zero-order valence-electron chi connectivity index (χ0n) is 13.9. The quantitative estimate of drug-likeness (QED) is 0.857. The molecule has 0 aromatic carbocycles. The van der Waals surface area contributed by atoms with Gasteiger partial charge in [-0.25, -0.2) is 9.67 Å². The molecule has 1 amide bonds. The molecule has 5 nitrogen and oxygen atoms in total. The van der Waals surface area contributed by atoms with E-state index in [2.05, 4.69) is 32.5 Å². The average molecular weight is 344 g/mol. The van der Waals surface area contributed by atoms with Crippen molar-refractivity contribution >= 4 is 17.2 Å². The van der Waals surface area contributed by atoms with Crippen LogP contribution in [0.15, 0.2) is 30.2 Å². The Morgan fingerprint density at radius 1 is 1.25 bits per heavy atom. The Labute approximate surface area is 146 Å². The summed E-state index contributed by atoms with van der Waals surface area (Å²) < 4.78 is 1.91. The summed E-state index contributed by atoms with van der Waals surface area (Å²) in [6, 6.07) is 4.50. The van der Waals surface area contributed by atoms with Gasteiger partial charge in [0.05, 0.1) is 11.5 Å². The summed E-state index contributed by atoms with van der Waals surface area (Å²) in [5, 5.41) is 6.39. The first-order chi connectivity index (χ1) is 11.8. The molecule has 0 bridgehead atoms. The average Bonchev–Trinajstić information content (AvgIpc) is 3.35. The van der Waals surface area contributed by atoms with Crippen molar-refractivity contribution in [1.82, 2.24) is 19.7 Å². The smallest absolute Gasteiger partial charge is 0.234 e. The number of hydrogen-bond acceptors (Lipinski definition) is 4. The van der Waals surface area contributed by atoms with Crippen molar-refractivity contribution in [3.05, 3.63) is 35.0 Å². The number of carbonyl (C=O) groups excluding carboxylic acids is 1. The van der Waals surface area contributed by atoms with E-state index in [1.807, 2.05) is 4.68 Å². The Morgan fingerprint density at radius 2 is 2.12 bits per heavy atom. The van der Waals surface area contributed by atoms with E-state index >= 15 is 0 Å². The Kier molecular flexibility index (Phi) is 4.39. The van der Waals surface area contributed by atoms with Crippen LogP contribution in [0.4, 0.5) is 0 Å². The largest absolute Gasteiger partial charge is 0.340 e. The number of nitrogens with zero attached hydrogens (tertiary/aromatic N) is 4. The molecule has 0 unspecified atom stereocenters. The van der Waals surface area contributed by atoms with E-state index in [1.165, 1.54) is 11.3 Å². The lowest BCUT2D eigenvalue weighted by Gasteiger charge is -2.42. The van der Waals surface area contributed by atoms with Crippen LogP contribution < -0.4 is 0 Å². The fourth-order valence-corrected chi connectivity index (χ4v) is 5.31. The van der Waals surface area contributed by atoms with Crippen LogP contribution >= 0.6 is 11.3 Å². The van der Waals surface area contributed by atoms with Crippen LogP contribution in [-0.2, 0) is 10.2 Å². The predicted octanol–water partition coefficient (Wildman–Crippen LogP) is 3.41. The predicted molar refractivity (Wildman–Crippen MR) is 94.0 cm³/mol. The molecule has 3 heterocycles. The van der Waals surface area contributed by atoms with E-state index in [-0.39, 0.29) is 11.5 Å². The molecular weight excluding hydrogens is 320 g/mol. The van der Waals surface area contributed by atoms with E-state index in [0.29, 0.717) is 5.91 Å². The van der Waals surface area contributed by atoms with Crippen molar-refractivity contribution in [2.75, 3.05) is 13.1 Å². The van der Waals surface area contributed by atoms with Crippen LogP contribution in [0.3, 0.4) is 0 Å². The van der Waals surface area contributed by atoms with E-state index < -0.39 is 0 Å². The molecule has 0 spiro atoms. The van der Waals surface area contributed by atoms with Gasteiger partial charge in [0.1, 0.15) is 12.7 Å². The highest BCUT2D eigenvalue weighted by molar-refractivity contribution is 7.10. The number of amides is 1. The molecule has 128 valence electrons. The van der Waals surface area contributed by atoms with Crippen LogP contribution in [0.25, 0.3) is 0 Å². The Hall–Kier alpha value is -1.69. The maximum Gasteiger partial charge on any atom is 0.234 e. The number of hydrogen-bond donors (Lipinski definition) is 0. The van der Waals surface area contributed by atoms with Crippen molar-refractivity contribution in [1.29, 1.82) is 0 Å². The molecule has 0 radical (unpaired) electrons. The number of rotatable bonds is 3. The fourth-order valence-electron chi connectivity index (χ4n) is 4.34. The molecule has 0 N–H and O–H groups in total. The third kappa shape index (κ3) is 2.77. The number of likely N-dealkylation sites (tertiary alicyclic amines) is 1. The molecule has 6 heteroatoms. The summed E-state index contributed by atoms with van der Waals surface area (Å²) in [4.78, 5) is 21.0. The summed E-state index contributed by atoms with van der Waals surface area (Å²) >= 11 is 1.74. The zero-order valence-corrected chi connectivity index (χ0v) is 14.7. The first-order valence-corrected chi connectivity index (χ1v) is 9.85. The van der Waals surface area contributed by atoms with Crippen molar-refractivity contribution in [2.24, 2.45) is 0 Å². The second-order valence-corrected chi connectivity index (χ2v) is 7.99. The van der Waals surface area contributed by atoms with Gasteiger partial charge in [0, 0.05) is 18.0 Å². The maximum atomic E-state index is 13.6. The van der Waals surface area contributed by atoms with Crippen LogP contribution in [0.5, 0.6) is 0 Å². The fraction of sp³-hybridized carbons (Fsp3) is 0.611. The van der Waals surface area contributed by atoms with Gasteiger partial charge in [0.15, 0.2) is 0 Å². The summed E-state index contributed by atoms with van der Waals surface area (Å²) in [6.07, 6.45) is 11.0. The normalized spacial score (nSPS) is 24.0. The second-order valence-electron chi connectivity index (χ2n) is 7.04. The van der Waals surface area contributed by atoms with Gasteiger partial charge in [-0.2, -0.15) is 5.10 Å². The molecular formula is C18H24N4OS. The lowest BCUT2D eigenvalue weighted by molar-refractivity contribution is -0.140. The Morgan fingerprint density at radius 3 is 2.83 bits per heavy atom. The highest BCUT2D eigenvalue weighted by Crippen LogP contribution is 2.43. The number of carbonyl (C=O) groups is 1. The Bertz CT molecular complexity index is 661. The standard InChI is InChI=1S/C18H24N4OS/c23-17(18(8-2-1-3-9-18)16-7-5-11-24-16)21-10-4-6-15(12-21)22-14-19-13-20-22/h5,7,11,13-15H,1-4,6,8-10,12H2/t15-/m1/s1. The van der Waals surface area contributed by atoms with Crippen LogP contribution in [0.2, 0.25) is 0 Å². The SMILES string of the molecule is O=C(N1CCC[C@@H](n2cncn2)C1)C1(c2cccs2)CCCCC1. The molecule has 1 atom stereocenters. The lowest BCUT2D eigenvalue weighted by atomic mass is 9.71. The van der Waals surface area contributed by atoms with Gasteiger partial charge in [-0.3, -0.25) is 4.79 Å². The molecule has 1 saturated carbocycles. The molecule has 2 aliphatic rings. The van der Waals surface area contributed by atoms with Gasteiger partial charge in [-0.05, 0) is 37.1 Å². The van der Waals surface area contributed by atoms with E-state index in [9.17, 15) is 4.79 Å². The maximum absolute atomic E-state index is 13.6. The van der Waals surface area contributed by atoms with Crippen molar-refractivity contribution < 1.29 is 4.79 Å². The lowest BCUT2D eigenvalue weighted by Crippen LogP contribution is -2.51. The Balaban J connectivity index is 1.58. The molecule has 2 fully saturated rings. The molecule has 1 aliphatic heterocycles. The first kappa shape index (κ1) is 15.8. The summed E-state index contributed by atoms with van der Waals surface area (Å²) in [7, 11) is 0. The first-order valence-electron chi connectivity index (χ1n) is 8.97. The zero-order chi connectivity index (χ0) is 16.4. The minimum atomic E-state index is -0.281.